The minimum Gasteiger partial charge on any atom is -0.480 e. The molecule has 120 valence electrons. The quantitative estimate of drug-likeness (QED) is 0.902. The average Bonchev–Trinajstić information content (AvgIpc) is 2.62. The van der Waals surface area contributed by atoms with Gasteiger partial charge in [0.15, 0.2) is 0 Å². The number of allylic oxidation sites excluding steroid dienone is 1. The molecule has 0 saturated carbocycles. The summed E-state index contributed by atoms with van der Waals surface area (Å²) in [6, 6.07) is 16.9. The maximum atomic E-state index is 12.1. The molecule has 0 aromatic heterocycles. The Morgan fingerprint density at radius 3 is 2.17 bits per heavy atom. The summed E-state index contributed by atoms with van der Waals surface area (Å²) in [5.41, 5.74) is 1.25. The fraction of sp³-hybridized carbons (Fsp3) is 0.100. The van der Waals surface area contributed by atoms with Crippen LogP contribution in [0.15, 0.2) is 78.4 Å². The molecule has 0 fully saturated rings. The molecule has 1 unspecified atom stereocenters. The third-order valence-corrected chi connectivity index (χ3v) is 4.31. The van der Waals surface area contributed by atoms with E-state index in [0.717, 1.165) is 11.1 Å². The molecule has 0 radical (unpaired) electrons. The number of rotatable bonds is 4. The summed E-state index contributed by atoms with van der Waals surface area (Å²) in [5.74, 6) is -2.05. The van der Waals surface area contributed by atoms with Crippen molar-refractivity contribution >= 4 is 11.9 Å². The molecule has 24 heavy (non-hydrogen) atoms. The maximum Gasteiger partial charge on any atom is 0.335 e. The lowest BCUT2D eigenvalue weighted by molar-refractivity contribution is -0.142. The van der Waals surface area contributed by atoms with Crippen molar-refractivity contribution in [3.05, 3.63) is 84.0 Å². The molecule has 0 amide bonds. The highest BCUT2D eigenvalue weighted by Crippen LogP contribution is 2.40. The van der Waals surface area contributed by atoms with Gasteiger partial charge < -0.3 is 10.2 Å². The number of carboxylic acids is 2. The fourth-order valence-corrected chi connectivity index (χ4v) is 3.01. The summed E-state index contributed by atoms with van der Waals surface area (Å²) in [4.78, 5) is 23.2. The molecule has 2 N–H and O–H groups in total. The van der Waals surface area contributed by atoms with Crippen LogP contribution < -0.4 is 0 Å². The van der Waals surface area contributed by atoms with Crippen LogP contribution in [0.25, 0.3) is 11.1 Å². The van der Waals surface area contributed by atoms with Crippen molar-refractivity contribution < 1.29 is 19.8 Å². The lowest BCUT2D eigenvalue weighted by Gasteiger charge is -2.30. The first kappa shape index (κ1) is 15.7. The van der Waals surface area contributed by atoms with E-state index in [4.69, 9.17) is 5.11 Å². The molecular weight excluding hydrogens is 304 g/mol. The molecule has 1 atom stereocenters. The zero-order valence-electron chi connectivity index (χ0n) is 12.8. The van der Waals surface area contributed by atoms with E-state index in [2.05, 4.69) is 0 Å². The van der Waals surface area contributed by atoms with Crippen molar-refractivity contribution in [2.45, 2.75) is 11.8 Å². The van der Waals surface area contributed by atoms with E-state index in [-0.39, 0.29) is 12.0 Å². The predicted octanol–water partition coefficient (Wildman–Crippen LogP) is 3.65. The lowest BCUT2D eigenvalue weighted by atomic mass is 9.72. The van der Waals surface area contributed by atoms with Gasteiger partial charge in [0.05, 0.1) is 5.57 Å². The zero-order valence-corrected chi connectivity index (χ0v) is 12.8. The Balaban J connectivity index is 2.15. The van der Waals surface area contributed by atoms with Crippen molar-refractivity contribution in [2.24, 2.45) is 0 Å². The second kappa shape index (κ2) is 6.16. The third kappa shape index (κ3) is 2.63. The van der Waals surface area contributed by atoms with Crippen LogP contribution in [0.1, 0.15) is 12.0 Å². The Kier molecular flexibility index (Phi) is 4.04. The van der Waals surface area contributed by atoms with Crippen LogP contribution in [-0.2, 0) is 15.0 Å². The van der Waals surface area contributed by atoms with E-state index in [1.54, 1.807) is 12.1 Å². The van der Waals surface area contributed by atoms with Gasteiger partial charge in [0.2, 0.25) is 0 Å². The number of aliphatic carboxylic acids is 2. The highest BCUT2D eigenvalue weighted by atomic mass is 16.4. The van der Waals surface area contributed by atoms with Gasteiger partial charge in [-0.05, 0) is 23.1 Å². The average molecular weight is 320 g/mol. The Morgan fingerprint density at radius 1 is 0.917 bits per heavy atom. The Bertz CT molecular complexity index is 849. The molecule has 2 aromatic carbocycles. The van der Waals surface area contributed by atoms with Crippen LogP contribution in [-0.4, -0.2) is 22.2 Å². The summed E-state index contributed by atoms with van der Waals surface area (Å²) in [6.45, 7) is 0. The first-order valence-electron chi connectivity index (χ1n) is 7.55. The monoisotopic (exact) mass is 320 g/mol. The number of benzene rings is 2. The Hall–Kier alpha value is -3.14. The van der Waals surface area contributed by atoms with E-state index in [9.17, 15) is 14.7 Å². The first-order valence-corrected chi connectivity index (χ1v) is 7.55. The number of hydrogen-bond donors (Lipinski definition) is 2. The molecule has 0 spiro atoms. The SMILES string of the molecule is O=C(O)C1=CCC(C(=O)O)(c2ccccc2-c2ccccc2)C=C1. The number of hydrogen-bond acceptors (Lipinski definition) is 2. The lowest BCUT2D eigenvalue weighted by Crippen LogP contribution is -2.35. The van der Waals surface area contributed by atoms with Gasteiger partial charge in [-0.1, -0.05) is 72.8 Å². The highest BCUT2D eigenvalue weighted by Gasteiger charge is 2.40. The molecule has 1 aliphatic carbocycles. The van der Waals surface area contributed by atoms with Crippen LogP contribution >= 0.6 is 0 Å². The van der Waals surface area contributed by atoms with Crippen LogP contribution in [0.5, 0.6) is 0 Å². The van der Waals surface area contributed by atoms with Crippen LogP contribution in [0.4, 0.5) is 0 Å². The zero-order chi connectivity index (χ0) is 17.2. The summed E-state index contributed by atoms with van der Waals surface area (Å²) in [7, 11) is 0. The molecule has 0 bridgehead atoms. The van der Waals surface area contributed by atoms with Gasteiger partial charge in [0.1, 0.15) is 5.41 Å². The van der Waals surface area contributed by atoms with Crippen molar-refractivity contribution in [3.63, 3.8) is 0 Å². The number of carbonyl (C=O) groups is 2. The second-order valence-corrected chi connectivity index (χ2v) is 5.69. The largest absolute Gasteiger partial charge is 0.480 e. The van der Waals surface area contributed by atoms with E-state index in [0.29, 0.717) is 5.56 Å². The second-order valence-electron chi connectivity index (χ2n) is 5.69. The van der Waals surface area contributed by atoms with Crippen molar-refractivity contribution in [2.75, 3.05) is 0 Å². The van der Waals surface area contributed by atoms with Crippen molar-refractivity contribution in [3.8, 4) is 11.1 Å². The minimum atomic E-state index is -1.27. The van der Waals surface area contributed by atoms with Crippen LogP contribution in [0, 0.1) is 0 Å². The van der Waals surface area contributed by atoms with Gasteiger partial charge in [-0.25, -0.2) is 4.79 Å². The van der Waals surface area contributed by atoms with Gasteiger partial charge >= 0.3 is 11.9 Å². The van der Waals surface area contributed by atoms with Gasteiger partial charge in [-0.15, -0.1) is 0 Å². The smallest absolute Gasteiger partial charge is 0.335 e. The van der Waals surface area contributed by atoms with Gasteiger partial charge in [-0.2, -0.15) is 0 Å². The number of carboxylic acid groups (broad SMARTS) is 2. The molecule has 2 aromatic rings. The fourth-order valence-electron chi connectivity index (χ4n) is 3.01. The Labute approximate surface area is 139 Å². The molecule has 0 heterocycles. The van der Waals surface area contributed by atoms with Crippen molar-refractivity contribution in [1.29, 1.82) is 0 Å². The summed E-state index contributed by atoms with van der Waals surface area (Å²) < 4.78 is 0. The maximum absolute atomic E-state index is 12.1. The van der Waals surface area contributed by atoms with E-state index in [1.165, 1.54) is 18.2 Å². The summed E-state index contributed by atoms with van der Waals surface area (Å²) in [5, 5.41) is 19.0. The minimum absolute atomic E-state index is 0.102. The molecule has 3 rings (SSSR count). The molecule has 0 aliphatic heterocycles. The molecule has 1 aliphatic rings. The van der Waals surface area contributed by atoms with E-state index >= 15 is 0 Å². The van der Waals surface area contributed by atoms with Gasteiger partial charge in [0.25, 0.3) is 0 Å². The van der Waals surface area contributed by atoms with Crippen LogP contribution in [0.3, 0.4) is 0 Å². The predicted molar refractivity (Wildman–Crippen MR) is 90.7 cm³/mol. The third-order valence-electron chi connectivity index (χ3n) is 4.31. The molecule has 0 saturated heterocycles. The summed E-state index contributed by atoms with van der Waals surface area (Å²) in [6.07, 6.45) is 4.44. The van der Waals surface area contributed by atoms with Gasteiger partial charge in [-0.3, -0.25) is 4.79 Å². The topological polar surface area (TPSA) is 74.6 Å². The standard InChI is InChI=1S/C20H16O4/c21-18(22)15-10-12-20(13-11-15,19(23)24)17-9-5-4-8-16(17)14-6-2-1-3-7-14/h1-12H,13H2,(H,21,22)(H,23,24). The van der Waals surface area contributed by atoms with Crippen molar-refractivity contribution in [1.82, 2.24) is 0 Å². The highest BCUT2D eigenvalue weighted by molar-refractivity contribution is 5.94. The summed E-state index contributed by atoms with van der Waals surface area (Å²) >= 11 is 0. The molecule has 4 nitrogen and oxygen atoms in total. The normalized spacial score (nSPS) is 19.6. The van der Waals surface area contributed by atoms with E-state index < -0.39 is 17.4 Å². The molecule has 4 heteroatoms. The Morgan fingerprint density at radius 2 is 1.58 bits per heavy atom. The first-order chi connectivity index (χ1) is 11.5. The van der Waals surface area contributed by atoms with Gasteiger partial charge in [0, 0.05) is 0 Å². The van der Waals surface area contributed by atoms with Crippen LogP contribution in [0.2, 0.25) is 0 Å². The van der Waals surface area contributed by atoms with E-state index in [1.807, 2.05) is 42.5 Å². The molecular formula is C20H16O4.